The van der Waals surface area contributed by atoms with Crippen molar-refractivity contribution < 1.29 is 32.2 Å². The molecule has 2 aromatic rings. The first-order valence-corrected chi connectivity index (χ1v) is 12.8. The van der Waals surface area contributed by atoms with Crippen molar-refractivity contribution in [3.8, 4) is 5.75 Å². The van der Waals surface area contributed by atoms with Gasteiger partial charge in [-0.15, -0.1) is 0 Å². The molecule has 2 fully saturated rings. The number of fused-ring (bicyclic) bond motifs is 3. The number of piperazine rings is 1. The highest BCUT2D eigenvalue weighted by molar-refractivity contribution is 7.89. The number of hydrogen-bond donors (Lipinski definition) is 2. The maximum Gasteiger partial charge on any atom is 0.415 e. The van der Waals surface area contributed by atoms with Crippen LogP contribution >= 0.6 is 0 Å². The number of ether oxygens (including phenoxy) is 3. The third-order valence-corrected chi connectivity index (χ3v) is 8.08. The third-order valence-electron chi connectivity index (χ3n) is 6.18. The monoisotopic (exact) mass is 502 g/mol. The molecule has 2 amide bonds. The zero-order chi connectivity index (χ0) is 24.4. The van der Waals surface area contributed by atoms with E-state index in [0.29, 0.717) is 37.6 Å². The molecule has 0 aliphatic carbocycles. The van der Waals surface area contributed by atoms with Crippen LogP contribution in [0.2, 0.25) is 0 Å². The third kappa shape index (κ3) is 4.77. The summed E-state index contributed by atoms with van der Waals surface area (Å²) in [5.41, 5.74) is 1.29. The molecule has 2 aromatic carbocycles. The SMILES string of the molecule is O=C(NC[C@@H]1OC(=O)N2c3ccc(S(=O)(=O)N4CCNCC4)cc3OC[C@H]12)OCc1ccccc1. The summed E-state index contributed by atoms with van der Waals surface area (Å²) in [6.45, 7) is 2.25. The van der Waals surface area contributed by atoms with Gasteiger partial charge < -0.3 is 24.8 Å². The fraction of sp³-hybridized carbons (Fsp3) is 0.391. The normalized spacial score (nSPS) is 21.9. The summed E-state index contributed by atoms with van der Waals surface area (Å²) in [5.74, 6) is 0.297. The van der Waals surface area contributed by atoms with Crippen molar-refractivity contribution in [1.82, 2.24) is 14.9 Å². The van der Waals surface area contributed by atoms with Gasteiger partial charge in [-0.05, 0) is 17.7 Å². The van der Waals surface area contributed by atoms with Gasteiger partial charge in [0.2, 0.25) is 10.0 Å². The lowest BCUT2D eigenvalue weighted by Crippen LogP contribution is -2.48. The molecule has 0 saturated carbocycles. The molecule has 5 rings (SSSR count). The molecule has 3 heterocycles. The number of benzene rings is 2. The molecule has 0 radical (unpaired) electrons. The molecule has 186 valence electrons. The van der Waals surface area contributed by atoms with Crippen LogP contribution in [0, 0.1) is 0 Å². The van der Waals surface area contributed by atoms with E-state index >= 15 is 0 Å². The zero-order valence-electron chi connectivity index (χ0n) is 18.9. The molecule has 0 spiro atoms. The molecule has 3 aliphatic heterocycles. The van der Waals surface area contributed by atoms with Gasteiger partial charge >= 0.3 is 12.2 Å². The van der Waals surface area contributed by atoms with Crippen molar-refractivity contribution in [3.63, 3.8) is 0 Å². The summed E-state index contributed by atoms with van der Waals surface area (Å²) in [6, 6.07) is 13.3. The van der Waals surface area contributed by atoms with Gasteiger partial charge in [-0.25, -0.2) is 18.0 Å². The number of anilines is 1. The first-order valence-electron chi connectivity index (χ1n) is 11.4. The van der Waals surface area contributed by atoms with Gasteiger partial charge in [0.15, 0.2) is 0 Å². The van der Waals surface area contributed by atoms with Crippen molar-refractivity contribution in [2.24, 2.45) is 0 Å². The van der Waals surface area contributed by atoms with Gasteiger partial charge in [0.25, 0.3) is 0 Å². The molecule has 11 nitrogen and oxygen atoms in total. The van der Waals surface area contributed by atoms with E-state index in [1.165, 1.54) is 21.3 Å². The number of alkyl carbamates (subject to hydrolysis) is 1. The Kier molecular flexibility index (Phi) is 6.50. The van der Waals surface area contributed by atoms with E-state index in [2.05, 4.69) is 10.6 Å². The molecule has 0 unspecified atom stereocenters. The maximum atomic E-state index is 13.0. The number of nitrogens with zero attached hydrogens (tertiary/aromatic N) is 2. The summed E-state index contributed by atoms with van der Waals surface area (Å²) in [6.07, 6.45) is -1.85. The van der Waals surface area contributed by atoms with Gasteiger partial charge in [-0.3, -0.25) is 4.90 Å². The number of carbonyl (C=O) groups is 2. The van der Waals surface area contributed by atoms with Crippen LogP contribution in [0.3, 0.4) is 0 Å². The average molecular weight is 503 g/mol. The van der Waals surface area contributed by atoms with Crippen LogP contribution in [-0.2, 0) is 26.1 Å². The van der Waals surface area contributed by atoms with Gasteiger partial charge in [0.05, 0.1) is 17.1 Å². The van der Waals surface area contributed by atoms with Gasteiger partial charge in [0.1, 0.15) is 31.1 Å². The minimum absolute atomic E-state index is 0.0503. The summed E-state index contributed by atoms with van der Waals surface area (Å²) in [7, 11) is -3.67. The predicted octanol–water partition coefficient (Wildman–Crippen LogP) is 1.29. The van der Waals surface area contributed by atoms with Crippen LogP contribution < -0.4 is 20.3 Å². The van der Waals surface area contributed by atoms with Crippen LogP contribution in [0.4, 0.5) is 15.3 Å². The van der Waals surface area contributed by atoms with Crippen LogP contribution in [-0.4, -0.2) is 76.4 Å². The summed E-state index contributed by atoms with van der Waals surface area (Å²) in [4.78, 5) is 26.3. The highest BCUT2D eigenvalue weighted by Crippen LogP contribution is 2.40. The Balaban J connectivity index is 1.23. The molecular formula is C23H26N4O7S. The standard InChI is InChI=1S/C23H26N4O7S/c28-22(33-14-16-4-2-1-3-5-16)25-13-21-19-15-32-20-12-17(6-7-18(20)27(19)23(29)34-21)35(30,31)26-10-8-24-9-11-26/h1-7,12,19,21,24H,8-11,13-15H2,(H,25,28)/t19-,21+/m1/s1. The first kappa shape index (κ1) is 23.4. The Labute approximate surface area is 203 Å². The molecule has 2 atom stereocenters. The molecule has 3 aliphatic rings. The Morgan fingerprint density at radius 3 is 2.69 bits per heavy atom. The molecule has 35 heavy (non-hydrogen) atoms. The van der Waals surface area contributed by atoms with Crippen molar-refractivity contribution >= 4 is 27.9 Å². The molecule has 2 N–H and O–H groups in total. The highest BCUT2D eigenvalue weighted by Gasteiger charge is 2.47. The smallest absolute Gasteiger partial charge is 0.415 e. The van der Waals surface area contributed by atoms with Crippen molar-refractivity contribution in [1.29, 1.82) is 0 Å². The van der Waals surface area contributed by atoms with Crippen LogP contribution in [0.1, 0.15) is 5.56 Å². The minimum Gasteiger partial charge on any atom is -0.489 e. The Bertz CT molecular complexity index is 1200. The van der Waals surface area contributed by atoms with Gasteiger partial charge in [0, 0.05) is 32.2 Å². The molecule has 2 saturated heterocycles. The van der Waals surface area contributed by atoms with E-state index in [1.807, 2.05) is 30.3 Å². The van der Waals surface area contributed by atoms with Crippen LogP contribution in [0.25, 0.3) is 0 Å². The van der Waals surface area contributed by atoms with E-state index in [9.17, 15) is 18.0 Å². The lowest BCUT2D eigenvalue weighted by molar-refractivity contribution is 0.108. The maximum absolute atomic E-state index is 13.0. The Morgan fingerprint density at radius 1 is 1.14 bits per heavy atom. The van der Waals surface area contributed by atoms with E-state index in [-0.39, 0.29) is 24.7 Å². The van der Waals surface area contributed by atoms with Crippen molar-refractivity contribution in [2.45, 2.75) is 23.6 Å². The van der Waals surface area contributed by atoms with E-state index in [1.54, 1.807) is 6.07 Å². The number of carbonyl (C=O) groups excluding carboxylic acids is 2. The molecule has 0 aromatic heterocycles. The zero-order valence-corrected chi connectivity index (χ0v) is 19.7. The molecule has 12 heteroatoms. The number of hydrogen-bond acceptors (Lipinski definition) is 8. The van der Waals surface area contributed by atoms with Gasteiger partial charge in [-0.2, -0.15) is 4.31 Å². The number of sulfonamides is 1. The Morgan fingerprint density at radius 2 is 1.91 bits per heavy atom. The van der Waals surface area contributed by atoms with Crippen LogP contribution in [0.15, 0.2) is 53.4 Å². The van der Waals surface area contributed by atoms with Gasteiger partial charge in [-0.1, -0.05) is 30.3 Å². The predicted molar refractivity (Wildman–Crippen MR) is 125 cm³/mol. The largest absolute Gasteiger partial charge is 0.489 e. The summed E-state index contributed by atoms with van der Waals surface area (Å²) >= 11 is 0. The fourth-order valence-corrected chi connectivity index (χ4v) is 5.80. The lowest BCUT2D eigenvalue weighted by Gasteiger charge is -2.32. The topological polar surface area (TPSA) is 127 Å². The molecule has 0 bridgehead atoms. The number of cyclic esters (lactones) is 1. The number of amides is 2. The second-order valence-electron chi connectivity index (χ2n) is 8.40. The quantitative estimate of drug-likeness (QED) is 0.605. The summed E-state index contributed by atoms with van der Waals surface area (Å²) in [5, 5.41) is 5.76. The highest BCUT2D eigenvalue weighted by atomic mass is 32.2. The summed E-state index contributed by atoms with van der Waals surface area (Å²) < 4.78 is 43.9. The lowest BCUT2D eigenvalue weighted by atomic mass is 10.1. The Hall–Kier alpha value is -3.35. The number of rotatable bonds is 6. The second kappa shape index (κ2) is 9.72. The molecular weight excluding hydrogens is 476 g/mol. The minimum atomic E-state index is -3.67. The first-order chi connectivity index (χ1) is 16.9. The van der Waals surface area contributed by atoms with E-state index in [4.69, 9.17) is 14.2 Å². The van der Waals surface area contributed by atoms with Crippen molar-refractivity contribution in [2.75, 3.05) is 44.2 Å². The average Bonchev–Trinajstić information content (AvgIpc) is 3.22. The van der Waals surface area contributed by atoms with E-state index in [0.717, 1.165) is 5.56 Å². The van der Waals surface area contributed by atoms with E-state index < -0.39 is 34.4 Å². The van der Waals surface area contributed by atoms with Crippen molar-refractivity contribution in [3.05, 3.63) is 54.1 Å². The second-order valence-corrected chi connectivity index (χ2v) is 10.3. The van der Waals surface area contributed by atoms with Crippen LogP contribution in [0.5, 0.6) is 5.75 Å². The fourth-order valence-electron chi connectivity index (χ4n) is 4.34. The number of nitrogens with one attached hydrogen (secondary N) is 2.